The molecule has 62 heavy (non-hydrogen) atoms. The molecule has 2 amide bonds. The van der Waals surface area contributed by atoms with Crippen molar-refractivity contribution < 1.29 is 71.7 Å². The largest absolute Gasteiger partial charge is 0.486 e. The number of aryl methyl sites for hydroxylation is 1. The number of rotatable bonds is 6. The molecule has 0 aliphatic carbocycles. The first-order chi connectivity index (χ1) is 29.0. The summed E-state index contributed by atoms with van der Waals surface area (Å²) in [4.78, 5) is 28.6. The van der Waals surface area contributed by atoms with Gasteiger partial charge in [-0.3, -0.25) is 9.59 Å². The van der Waals surface area contributed by atoms with Gasteiger partial charge in [0.05, 0.1) is 40.3 Å². The Balaban J connectivity index is 0.000000209. The van der Waals surface area contributed by atoms with E-state index in [4.69, 9.17) is 9.47 Å². The van der Waals surface area contributed by atoms with E-state index >= 15 is 0 Å². The quantitative estimate of drug-likeness (QED) is 0.163. The van der Waals surface area contributed by atoms with Gasteiger partial charge in [-0.1, -0.05) is 30.3 Å². The Morgan fingerprint density at radius 1 is 0.581 bits per heavy atom. The second kappa shape index (κ2) is 17.2. The highest BCUT2D eigenvalue weighted by Crippen LogP contribution is 2.43. The Morgan fingerprint density at radius 3 is 1.48 bits per heavy atom. The van der Waals surface area contributed by atoms with Crippen LogP contribution in [0.1, 0.15) is 43.1 Å². The molecule has 2 N–H and O–H groups in total. The topological polar surface area (TPSA) is 94.5 Å². The maximum absolute atomic E-state index is 13.4. The molecule has 1 aromatic heterocycles. The molecule has 0 spiro atoms. The van der Waals surface area contributed by atoms with E-state index in [9.17, 15) is 62.3 Å². The van der Waals surface area contributed by atoms with Crippen molar-refractivity contribution in [1.82, 2.24) is 9.55 Å². The van der Waals surface area contributed by atoms with Gasteiger partial charge >= 0.3 is 24.7 Å². The molecule has 0 bridgehead atoms. The number of carbonyl (C=O) groups excluding carboxylic acids is 2. The van der Waals surface area contributed by atoms with Gasteiger partial charge in [-0.25, -0.2) is 4.98 Å². The summed E-state index contributed by atoms with van der Waals surface area (Å²) in [7, 11) is 1.61. The number of fused-ring (bicyclic) bond motifs is 1. The average Bonchev–Trinajstić information content (AvgIpc) is 3.65. The van der Waals surface area contributed by atoms with Gasteiger partial charge in [0.2, 0.25) is 0 Å². The van der Waals surface area contributed by atoms with Crippen LogP contribution in [0, 0.1) is 0 Å². The summed E-state index contributed by atoms with van der Waals surface area (Å²) in [5.74, 6) is -0.349. The molecule has 0 radical (unpaired) electrons. The van der Waals surface area contributed by atoms with Gasteiger partial charge < -0.3 is 24.7 Å². The molecule has 7 rings (SSSR count). The number of anilines is 2. The van der Waals surface area contributed by atoms with Crippen molar-refractivity contribution in [2.24, 2.45) is 7.05 Å². The molecule has 6 aromatic rings. The second-order valence-electron chi connectivity index (χ2n) is 13.3. The van der Waals surface area contributed by atoms with E-state index in [1.807, 2.05) is 0 Å². The number of halogens is 12. The first-order valence-electron chi connectivity index (χ1n) is 17.8. The average molecular weight is 881 g/mol. The van der Waals surface area contributed by atoms with Gasteiger partial charge in [-0.05, 0) is 95.1 Å². The van der Waals surface area contributed by atoms with Gasteiger partial charge in [0.1, 0.15) is 18.9 Å². The molecule has 20 heteroatoms. The van der Waals surface area contributed by atoms with E-state index in [1.54, 1.807) is 19.2 Å². The lowest BCUT2D eigenvalue weighted by atomic mass is 9.96. The number of benzene rings is 5. The molecular formula is C42H28F12N4O4. The molecule has 1 aliphatic heterocycles. The van der Waals surface area contributed by atoms with E-state index < -0.39 is 69.9 Å². The maximum Gasteiger partial charge on any atom is 0.417 e. The van der Waals surface area contributed by atoms with Gasteiger partial charge in [0.25, 0.3) is 11.8 Å². The Hall–Kier alpha value is -6.99. The van der Waals surface area contributed by atoms with Gasteiger partial charge in [0.15, 0.2) is 11.5 Å². The predicted octanol–water partition coefficient (Wildman–Crippen LogP) is 11.8. The zero-order valence-corrected chi connectivity index (χ0v) is 31.4. The van der Waals surface area contributed by atoms with Crippen LogP contribution >= 0.6 is 0 Å². The Labute approximate surface area is 342 Å². The molecule has 5 aromatic carbocycles. The molecule has 0 fully saturated rings. The first-order valence-corrected chi connectivity index (χ1v) is 17.8. The number of nitrogens with zero attached hydrogens (tertiary/aromatic N) is 2. The lowest BCUT2D eigenvalue weighted by Crippen LogP contribution is -2.20. The van der Waals surface area contributed by atoms with Gasteiger partial charge in [-0.15, -0.1) is 0 Å². The number of carbonyl (C=O) groups is 2. The van der Waals surface area contributed by atoms with Crippen molar-refractivity contribution in [2.45, 2.75) is 24.7 Å². The fourth-order valence-corrected chi connectivity index (χ4v) is 6.10. The third kappa shape index (κ3) is 10.3. The normalized spacial score (nSPS) is 12.9. The van der Waals surface area contributed by atoms with E-state index in [0.717, 1.165) is 0 Å². The van der Waals surface area contributed by atoms with Crippen molar-refractivity contribution in [3.05, 3.63) is 149 Å². The number of hydrogen-bond donors (Lipinski definition) is 2. The monoisotopic (exact) mass is 880 g/mol. The highest BCUT2D eigenvalue weighted by Gasteiger charge is 2.39. The van der Waals surface area contributed by atoms with Crippen molar-refractivity contribution in [2.75, 3.05) is 23.8 Å². The van der Waals surface area contributed by atoms with E-state index in [2.05, 4.69) is 15.6 Å². The first kappa shape index (κ1) is 44.6. The molecular weight excluding hydrogens is 852 g/mol. The summed E-state index contributed by atoms with van der Waals surface area (Å²) in [6.07, 6.45) is -16.5. The minimum Gasteiger partial charge on any atom is -0.486 e. The summed E-state index contributed by atoms with van der Waals surface area (Å²) >= 11 is 0. The maximum atomic E-state index is 13.4. The summed E-state index contributed by atoms with van der Waals surface area (Å²) in [5, 5.41) is 5.13. The fraction of sp³-hybridized carbons (Fsp3) is 0.167. The number of aromatic nitrogens is 2. The molecule has 8 nitrogen and oxygen atoms in total. The fourth-order valence-electron chi connectivity index (χ4n) is 6.10. The van der Waals surface area contributed by atoms with Crippen LogP contribution in [0.15, 0.2) is 116 Å². The Morgan fingerprint density at radius 2 is 1.05 bits per heavy atom. The van der Waals surface area contributed by atoms with E-state index in [-0.39, 0.29) is 46.1 Å². The number of ether oxygens (including phenoxy) is 2. The minimum atomic E-state index is -4.85. The number of nitrogens with one attached hydrogen (secondary N) is 2. The number of amides is 2. The lowest BCUT2D eigenvalue weighted by molar-refractivity contribution is -0.141. The molecule has 324 valence electrons. The standard InChI is InChI=1S/C23H15F6NO3.C19H13F6N3O/c24-22(25,26)14-6-9-18(23(27,28)29)17(12-14)13-4-7-15(8-5-13)30-21(31)16-2-1-3-19-20(16)33-11-10-32-19;1-28-10-26-9-16(28)17(29)27-13-5-2-11(3-6-13)14-8-12(18(20,21)22)4-7-15(14)19(23,24)25/h1-9,12H,10-11H2,(H,30,31);2-10H,1H3,(H,27,29). The van der Waals surface area contributed by atoms with Crippen LogP contribution in [0.25, 0.3) is 22.3 Å². The summed E-state index contributed by atoms with van der Waals surface area (Å²) < 4.78 is 170. The van der Waals surface area contributed by atoms with Gasteiger partial charge in [0, 0.05) is 18.4 Å². The number of alkyl halides is 12. The predicted molar refractivity (Wildman–Crippen MR) is 200 cm³/mol. The number of hydrogen-bond acceptors (Lipinski definition) is 5. The highest BCUT2D eigenvalue weighted by atomic mass is 19.4. The molecule has 0 unspecified atom stereocenters. The SMILES string of the molecule is Cn1cncc1C(=O)Nc1ccc(-c2cc(C(F)(F)F)ccc2C(F)(F)F)cc1.O=C(Nc1ccc(-c2cc(C(F)(F)F)ccc2C(F)(F)F)cc1)c1cccc2c1OCCO2. The van der Waals surface area contributed by atoms with Crippen LogP contribution in [0.2, 0.25) is 0 Å². The zero-order valence-electron chi connectivity index (χ0n) is 31.4. The van der Waals surface area contributed by atoms with Crippen LogP contribution in [0.3, 0.4) is 0 Å². The number of para-hydroxylation sites is 1. The smallest absolute Gasteiger partial charge is 0.417 e. The lowest BCUT2D eigenvalue weighted by Gasteiger charge is -2.20. The van der Waals surface area contributed by atoms with Crippen LogP contribution < -0.4 is 20.1 Å². The van der Waals surface area contributed by atoms with E-state index in [0.29, 0.717) is 48.8 Å². The summed E-state index contributed by atoms with van der Waals surface area (Å²) in [6, 6.07) is 17.4. The second-order valence-corrected chi connectivity index (χ2v) is 13.3. The highest BCUT2D eigenvalue weighted by molar-refractivity contribution is 6.07. The third-order valence-corrected chi connectivity index (χ3v) is 9.07. The molecule has 2 heterocycles. The van der Waals surface area contributed by atoms with Crippen LogP contribution in [0.4, 0.5) is 64.1 Å². The minimum absolute atomic E-state index is 0.0676. The zero-order chi connectivity index (χ0) is 45.2. The molecule has 0 atom stereocenters. The van der Waals surface area contributed by atoms with Crippen LogP contribution in [-0.4, -0.2) is 34.6 Å². The number of imidazole rings is 1. The van der Waals surface area contributed by atoms with Crippen molar-refractivity contribution >= 4 is 23.2 Å². The Bertz CT molecular complexity index is 2580. The molecule has 0 saturated heterocycles. The van der Waals surface area contributed by atoms with Crippen molar-refractivity contribution in [1.29, 1.82) is 0 Å². The third-order valence-electron chi connectivity index (χ3n) is 9.07. The van der Waals surface area contributed by atoms with Crippen LogP contribution in [0.5, 0.6) is 11.5 Å². The summed E-state index contributed by atoms with van der Waals surface area (Å²) in [6.45, 7) is 0.611. The molecule has 1 aliphatic rings. The van der Waals surface area contributed by atoms with Crippen molar-refractivity contribution in [3.63, 3.8) is 0 Å². The molecule has 0 saturated carbocycles. The van der Waals surface area contributed by atoms with Gasteiger partial charge in [-0.2, -0.15) is 52.7 Å². The van der Waals surface area contributed by atoms with Crippen molar-refractivity contribution in [3.8, 4) is 33.8 Å². The Kier molecular flexibility index (Phi) is 12.3. The summed E-state index contributed by atoms with van der Waals surface area (Å²) in [5.41, 5.74) is -5.17. The van der Waals surface area contributed by atoms with E-state index in [1.165, 1.54) is 71.7 Å². The van der Waals surface area contributed by atoms with Crippen LogP contribution in [-0.2, 0) is 31.8 Å².